The van der Waals surface area contributed by atoms with Crippen molar-refractivity contribution >= 4 is 29.9 Å². The Morgan fingerprint density at radius 2 is 2.22 bits per heavy atom. The van der Waals surface area contributed by atoms with Gasteiger partial charge in [-0.15, -0.1) is 24.0 Å². The lowest BCUT2D eigenvalue weighted by molar-refractivity contribution is 0.371. The standard InChI is InChI=1S/C11H21N5O.HI/c1-4-6-13-11(12)14-7-5-9-15-10(8(2)3)16-17-9;/h8H,4-7H2,1-3H3,(H3,12,13,14);1H. The van der Waals surface area contributed by atoms with Crippen LogP contribution in [0.3, 0.4) is 0 Å². The van der Waals surface area contributed by atoms with Gasteiger partial charge in [0.1, 0.15) is 0 Å². The van der Waals surface area contributed by atoms with Crippen LogP contribution in [-0.4, -0.2) is 29.2 Å². The summed E-state index contributed by atoms with van der Waals surface area (Å²) in [5.41, 5.74) is 5.65. The molecule has 0 radical (unpaired) electrons. The smallest absolute Gasteiger partial charge is 0.228 e. The summed E-state index contributed by atoms with van der Waals surface area (Å²) < 4.78 is 5.11. The lowest BCUT2D eigenvalue weighted by Gasteiger charge is -2.02. The molecular formula is C11H22IN5O. The first-order valence-electron chi connectivity index (χ1n) is 5.99. The Kier molecular flexibility index (Phi) is 8.69. The number of aromatic nitrogens is 2. The van der Waals surface area contributed by atoms with Gasteiger partial charge in [-0.3, -0.25) is 4.99 Å². The van der Waals surface area contributed by atoms with E-state index in [1.54, 1.807) is 0 Å². The minimum absolute atomic E-state index is 0. The van der Waals surface area contributed by atoms with Crippen LogP contribution in [0, 0.1) is 0 Å². The van der Waals surface area contributed by atoms with Crippen LogP contribution in [0.4, 0.5) is 0 Å². The Balaban J connectivity index is 0.00000289. The molecule has 0 spiro atoms. The molecule has 7 heteroatoms. The molecule has 0 amide bonds. The zero-order valence-corrected chi connectivity index (χ0v) is 13.5. The van der Waals surface area contributed by atoms with E-state index in [1.807, 2.05) is 13.8 Å². The third-order valence-corrected chi connectivity index (χ3v) is 2.15. The van der Waals surface area contributed by atoms with Crippen molar-refractivity contribution < 1.29 is 4.52 Å². The molecule has 0 aliphatic carbocycles. The van der Waals surface area contributed by atoms with Crippen LogP contribution in [0.2, 0.25) is 0 Å². The average Bonchev–Trinajstić information content (AvgIpc) is 2.75. The summed E-state index contributed by atoms with van der Waals surface area (Å²) in [4.78, 5) is 8.39. The van der Waals surface area contributed by atoms with Crippen LogP contribution in [0.15, 0.2) is 9.52 Å². The number of nitrogens with zero attached hydrogens (tertiary/aromatic N) is 3. The van der Waals surface area contributed by atoms with Crippen LogP contribution >= 0.6 is 24.0 Å². The summed E-state index contributed by atoms with van der Waals surface area (Å²) in [6.45, 7) is 7.52. The Labute approximate surface area is 125 Å². The number of nitrogens with one attached hydrogen (secondary N) is 1. The van der Waals surface area contributed by atoms with Gasteiger partial charge in [0, 0.05) is 25.4 Å². The molecule has 0 aromatic carbocycles. The number of hydrogen-bond acceptors (Lipinski definition) is 4. The van der Waals surface area contributed by atoms with Gasteiger partial charge in [-0.2, -0.15) is 4.98 Å². The Morgan fingerprint density at radius 3 is 2.78 bits per heavy atom. The molecule has 0 aliphatic heterocycles. The van der Waals surface area contributed by atoms with Crippen LogP contribution < -0.4 is 11.1 Å². The van der Waals surface area contributed by atoms with E-state index in [0.717, 1.165) is 18.8 Å². The van der Waals surface area contributed by atoms with Gasteiger partial charge in [0.25, 0.3) is 0 Å². The van der Waals surface area contributed by atoms with E-state index >= 15 is 0 Å². The van der Waals surface area contributed by atoms with Crippen LogP contribution in [0.25, 0.3) is 0 Å². The Hall–Kier alpha value is -0.860. The second-order valence-corrected chi connectivity index (χ2v) is 4.14. The van der Waals surface area contributed by atoms with Crippen LogP contribution in [0.5, 0.6) is 0 Å². The van der Waals surface area contributed by atoms with Gasteiger partial charge < -0.3 is 15.6 Å². The summed E-state index contributed by atoms with van der Waals surface area (Å²) in [5.74, 6) is 2.13. The van der Waals surface area contributed by atoms with E-state index in [-0.39, 0.29) is 29.9 Å². The molecule has 104 valence electrons. The molecule has 6 nitrogen and oxygen atoms in total. The molecule has 1 aromatic rings. The number of nitrogens with two attached hydrogens (primary N) is 1. The van der Waals surface area contributed by atoms with E-state index in [9.17, 15) is 0 Å². The van der Waals surface area contributed by atoms with Crippen LogP contribution in [-0.2, 0) is 6.42 Å². The van der Waals surface area contributed by atoms with Gasteiger partial charge >= 0.3 is 0 Å². The normalized spacial score (nSPS) is 11.4. The molecule has 0 bridgehead atoms. The van der Waals surface area contributed by atoms with Crippen molar-refractivity contribution in [1.29, 1.82) is 0 Å². The number of rotatable bonds is 6. The third-order valence-electron chi connectivity index (χ3n) is 2.15. The maximum atomic E-state index is 5.65. The number of guanidine groups is 1. The zero-order valence-electron chi connectivity index (χ0n) is 11.1. The van der Waals surface area contributed by atoms with Gasteiger partial charge in [0.15, 0.2) is 11.8 Å². The fraction of sp³-hybridized carbons (Fsp3) is 0.727. The Morgan fingerprint density at radius 1 is 1.50 bits per heavy atom. The van der Waals surface area contributed by atoms with Crippen molar-refractivity contribution in [3.8, 4) is 0 Å². The molecule has 3 N–H and O–H groups in total. The zero-order chi connectivity index (χ0) is 12.7. The van der Waals surface area contributed by atoms with Crippen molar-refractivity contribution in [2.75, 3.05) is 13.1 Å². The molecule has 0 aliphatic rings. The fourth-order valence-electron chi connectivity index (χ4n) is 1.19. The molecule has 0 saturated carbocycles. The molecule has 1 heterocycles. The second kappa shape index (κ2) is 9.12. The highest BCUT2D eigenvalue weighted by molar-refractivity contribution is 14.0. The summed E-state index contributed by atoms with van der Waals surface area (Å²) in [5, 5.41) is 6.89. The minimum atomic E-state index is 0. The number of halogens is 1. The first kappa shape index (κ1) is 17.1. The SMILES string of the molecule is CCCN=C(N)NCCc1nc(C(C)C)no1.I. The van der Waals surface area contributed by atoms with Gasteiger partial charge in [-0.05, 0) is 6.42 Å². The topological polar surface area (TPSA) is 89.3 Å². The number of hydrogen-bond donors (Lipinski definition) is 2. The molecule has 0 fully saturated rings. The largest absolute Gasteiger partial charge is 0.370 e. The lowest BCUT2D eigenvalue weighted by atomic mass is 10.2. The molecule has 0 unspecified atom stereocenters. The van der Waals surface area contributed by atoms with Crippen LogP contribution in [0.1, 0.15) is 44.8 Å². The summed E-state index contributed by atoms with van der Waals surface area (Å²) in [6.07, 6.45) is 1.64. The monoisotopic (exact) mass is 367 g/mol. The summed E-state index contributed by atoms with van der Waals surface area (Å²) in [6, 6.07) is 0. The fourth-order valence-corrected chi connectivity index (χ4v) is 1.19. The first-order chi connectivity index (χ1) is 8.13. The van der Waals surface area contributed by atoms with Gasteiger partial charge in [0.05, 0.1) is 0 Å². The molecule has 1 aromatic heterocycles. The van der Waals surface area contributed by atoms with Gasteiger partial charge in [0.2, 0.25) is 5.89 Å². The van der Waals surface area contributed by atoms with Gasteiger partial charge in [-0.1, -0.05) is 25.9 Å². The van der Waals surface area contributed by atoms with Gasteiger partial charge in [-0.25, -0.2) is 0 Å². The molecule has 0 saturated heterocycles. The molecule has 18 heavy (non-hydrogen) atoms. The highest BCUT2D eigenvalue weighted by atomic mass is 127. The van der Waals surface area contributed by atoms with Crippen molar-refractivity contribution in [3.63, 3.8) is 0 Å². The summed E-state index contributed by atoms with van der Waals surface area (Å²) in [7, 11) is 0. The summed E-state index contributed by atoms with van der Waals surface area (Å²) >= 11 is 0. The maximum absolute atomic E-state index is 5.65. The highest BCUT2D eigenvalue weighted by Crippen LogP contribution is 2.09. The predicted octanol–water partition coefficient (Wildman–Crippen LogP) is 1.67. The van der Waals surface area contributed by atoms with E-state index < -0.39 is 0 Å². The first-order valence-corrected chi connectivity index (χ1v) is 5.99. The quantitative estimate of drug-likeness (QED) is 0.454. The van der Waals surface area contributed by atoms with Crippen molar-refractivity contribution in [2.45, 2.75) is 39.5 Å². The lowest BCUT2D eigenvalue weighted by Crippen LogP contribution is -2.33. The number of aliphatic imine (C=N–C) groups is 1. The maximum Gasteiger partial charge on any atom is 0.228 e. The Bertz CT molecular complexity index is 364. The highest BCUT2D eigenvalue weighted by Gasteiger charge is 2.08. The van der Waals surface area contributed by atoms with E-state index in [2.05, 4.69) is 27.4 Å². The van der Waals surface area contributed by atoms with Crippen molar-refractivity contribution in [2.24, 2.45) is 10.7 Å². The predicted molar refractivity (Wildman–Crippen MR) is 82.3 cm³/mol. The van der Waals surface area contributed by atoms with E-state index in [0.29, 0.717) is 24.8 Å². The minimum Gasteiger partial charge on any atom is -0.370 e. The van der Waals surface area contributed by atoms with E-state index in [1.165, 1.54) is 0 Å². The van der Waals surface area contributed by atoms with Crippen molar-refractivity contribution in [3.05, 3.63) is 11.7 Å². The molecular weight excluding hydrogens is 345 g/mol. The van der Waals surface area contributed by atoms with Crippen molar-refractivity contribution in [1.82, 2.24) is 15.5 Å². The molecule has 1 rings (SSSR count). The second-order valence-electron chi connectivity index (χ2n) is 4.14. The average molecular weight is 367 g/mol. The third kappa shape index (κ3) is 6.18. The van der Waals surface area contributed by atoms with E-state index in [4.69, 9.17) is 10.3 Å². The molecule has 0 atom stereocenters.